The molecule has 0 saturated heterocycles. The molecule has 0 aliphatic heterocycles. The standard InChI is InChI=1S/C17H13Cl2N3O2/c1-22-16(17(20)24)14(13-11(18)3-2-4-12(13)19)15(21-22)9-5-7-10(23)8-6-9/h2-8,23H,1H3,(H2,20,24). The minimum atomic E-state index is -0.638. The van der Waals surface area contributed by atoms with Gasteiger partial charge in [0.15, 0.2) is 0 Å². The Morgan fingerprint density at radius 2 is 1.67 bits per heavy atom. The SMILES string of the molecule is Cn1nc(-c2ccc(O)cc2)c(-c2c(Cl)cccc2Cl)c1C(N)=O. The lowest BCUT2D eigenvalue weighted by atomic mass is 9.98. The molecule has 3 N–H and O–H groups in total. The second kappa shape index (κ2) is 6.19. The zero-order chi connectivity index (χ0) is 17.4. The number of nitrogens with two attached hydrogens (primary N) is 1. The van der Waals surface area contributed by atoms with Gasteiger partial charge in [-0.3, -0.25) is 9.48 Å². The van der Waals surface area contributed by atoms with Crippen LogP contribution in [0.1, 0.15) is 10.5 Å². The summed E-state index contributed by atoms with van der Waals surface area (Å²) in [5, 5.41) is 14.7. The van der Waals surface area contributed by atoms with Crippen LogP contribution in [0, 0.1) is 0 Å². The molecule has 24 heavy (non-hydrogen) atoms. The molecule has 5 nitrogen and oxygen atoms in total. The van der Waals surface area contributed by atoms with E-state index in [9.17, 15) is 9.90 Å². The molecular formula is C17H13Cl2N3O2. The van der Waals surface area contributed by atoms with Gasteiger partial charge in [0, 0.05) is 23.7 Å². The first-order valence-electron chi connectivity index (χ1n) is 7.00. The number of aryl methyl sites for hydroxylation is 1. The highest BCUT2D eigenvalue weighted by atomic mass is 35.5. The molecule has 7 heteroatoms. The van der Waals surface area contributed by atoms with Crippen molar-refractivity contribution in [2.75, 3.05) is 0 Å². The van der Waals surface area contributed by atoms with E-state index in [0.717, 1.165) is 0 Å². The molecule has 0 fully saturated rings. The number of phenolic OH excluding ortho intramolecular Hbond substituents is 1. The first-order chi connectivity index (χ1) is 11.4. The van der Waals surface area contributed by atoms with Crippen molar-refractivity contribution in [3.63, 3.8) is 0 Å². The van der Waals surface area contributed by atoms with E-state index < -0.39 is 5.91 Å². The summed E-state index contributed by atoms with van der Waals surface area (Å²) in [5.41, 5.74) is 7.90. The van der Waals surface area contributed by atoms with Gasteiger partial charge in [0.25, 0.3) is 5.91 Å². The Hall–Kier alpha value is -2.50. The first kappa shape index (κ1) is 16.4. The molecule has 0 aliphatic rings. The fourth-order valence-electron chi connectivity index (χ4n) is 2.60. The van der Waals surface area contributed by atoms with Crippen LogP contribution in [0.3, 0.4) is 0 Å². The summed E-state index contributed by atoms with van der Waals surface area (Å²) in [4.78, 5) is 12.0. The number of rotatable bonds is 3. The second-order valence-electron chi connectivity index (χ2n) is 5.20. The van der Waals surface area contributed by atoms with Gasteiger partial charge in [-0.2, -0.15) is 5.10 Å². The third kappa shape index (κ3) is 2.72. The molecule has 2 aromatic carbocycles. The fraction of sp³-hybridized carbons (Fsp3) is 0.0588. The van der Waals surface area contributed by atoms with Crippen LogP contribution in [0.2, 0.25) is 10.0 Å². The van der Waals surface area contributed by atoms with Gasteiger partial charge < -0.3 is 10.8 Å². The molecule has 0 unspecified atom stereocenters. The lowest BCUT2D eigenvalue weighted by molar-refractivity contribution is 0.0992. The molecular weight excluding hydrogens is 349 g/mol. The summed E-state index contributed by atoms with van der Waals surface area (Å²) in [6.07, 6.45) is 0. The number of carbonyl (C=O) groups excluding carboxylic acids is 1. The van der Waals surface area contributed by atoms with E-state index in [1.165, 1.54) is 16.8 Å². The van der Waals surface area contributed by atoms with Crippen molar-refractivity contribution >= 4 is 29.1 Å². The number of carbonyl (C=O) groups is 1. The zero-order valence-electron chi connectivity index (χ0n) is 12.6. The van der Waals surface area contributed by atoms with E-state index in [2.05, 4.69) is 5.10 Å². The zero-order valence-corrected chi connectivity index (χ0v) is 14.1. The van der Waals surface area contributed by atoms with Crippen molar-refractivity contribution in [2.24, 2.45) is 12.8 Å². The third-order valence-corrected chi connectivity index (χ3v) is 4.26. The van der Waals surface area contributed by atoms with Gasteiger partial charge in [-0.15, -0.1) is 0 Å². The Balaban J connectivity index is 2.38. The van der Waals surface area contributed by atoms with Crippen LogP contribution >= 0.6 is 23.2 Å². The van der Waals surface area contributed by atoms with Crippen molar-refractivity contribution in [2.45, 2.75) is 0 Å². The smallest absolute Gasteiger partial charge is 0.267 e. The Morgan fingerprint density at radius 1 is 1.08 bits per heavy atom. The van der Waals surface area contributed by atoms with Crippen LogP contribution in [0.5, 0.6) is 5.75 Å². The summed E-state index contributed by atoms with van der Waals surface area (Å²) >= 11 is 12.6. The molecule has 0 radical (unpaired) electrons. The second-order valence-corrected chi connectivity index (χ2v) is 6.02. The molecule has 0 aliphatic carbocycles. The molecule has 122 valence electrons. The van der Waals surface area contributed by atoms with Gasteiger partial charge in [-0.25, -0.2) is 0 Å². The van der Waals surface area contributed by atoms with Crippen LogP contribution < -0.4 is 5.73 Å². The van der Waals surface area contributed by atoms with Gasteiger partial charge in [0.05, 0.1) is 10.0 Å². The molecule has 1 aromatic heterocycles. The highest BCUT2D eigenvalue weighted by Crippen LogP contribution is 2.42. The van der Waals surface area contributed by atoms with Crippen LogP contribution in [-0.4, -0.2) is 20.8 Å². The maximum Gasteiger partial charge on any atom is 0.267 e. The highest BCUT2D eigenvalue weighted by Gasteiger charge is 2.25. The predicted octanol–water partition coefficient (Wildman–Crippen LogP) is 3.87. The Labute approximate surface area is 148 Å². The van der Waals surface area contributed by atoms with Crippen molar-refractivity contribution < 1.29 is 9.90 Å². The molecule has 0 bridgehead atoms. The number of amides is 1. The van der Waals surface area contributed by atoms with Crippen molar-refractivity contribution in [3.8, 4) is 28.1 Å². The first-order valence-corrected chi connectivity index (χ1v) is 7.76. The topological polar surface area (TPSA) is 81.1 Å². The van der Waals surface area contributed by atoms with Gasteiger partial charge in [0.1, 0.15) is 17.1 Å². The largest absolute Gasteiger partial charge is 0.508 e. The molecule has 0 spiro atoms. The summed E-state index contributed by atoms with van der Waals surface area (Å²) in [7, 11) is 1.62. The maximum atomic E-state index is 12.0. The lowest BCUT2D eigenvalue weighted by Gasteiger charge is -2.09. The molecule has 3 aromatic rings. The van der Waals surface area contributed by atoms with Crippen molar-refractivity contribution in [1.82, 2.24) is 9.78 Å². The maximum absolute atomic E-state index is 12.0. The third-order valence-electron chi connectivity index (χ3n) is 3.63. The molecule has 1 heterocycles. The molecule has 3 rings (SSSR count). The molecule has 0 saturated carbocycles. The summed E-state index contributed by atoms with van der Waals surface area (Å²) in [6, 6.07) is 11.5. The van der Waals surface area contributed by atoms with Crippen LogP contribution in [0.25, 0.3) is 22.4 Å². The predicted molar refractivity (Wildman–Crippen MR) is 94.3 cm³/mol. The number of primary amides is 1. The normalized spacial score (nSPS) is 10.8. The monoisotopic (exact) mass is 361 g/mol. The fourth-order valence-corrected chi connectivity index (χ4v) is 3.19. The molecule has 0 atom stereocenters. The number of hydrogen-bond acceptors (Lipinski definition) is 3. The van der Waals surface area contributed by atoms with Crippen molar-refractivity contribution in [1.29, 1.82) is 0 Å². The van der Waals surface area contributed by atoms with Gasteiger partial charge >= 0.3 is 0 Å². The summed E-state index contributed by atoms with van der Waals surface area (Å²) in [6.45, 7) is 0. The van der Waals surface area contributed by atoms with Gasteiger partial charge in [0.2, 0.25) is 0 Å². The van der Waals surface area contributed by atoms with Gasteiger partial charge in [-0.05, 0) is 36.4 Å². The number of aromatic nitrogens is 2. The quantitative estimate of drug-likeness (QED) is 0.742. The van der Waals surface area contributed by atoms with E-state index in [1.807, 2.05) is 0 Å². The van der Waals surface area contributed by atoms with E-state index in [-0.39, 0.29) is 11.4 Å². The van der Waals surface area contributed by atoms with Crippen LogP contribution in [-0.2, 0) is 7.05 Å². The summed E-state index contributed by atoms with van der Waals surface area (Å²) in [5.74, 6) is -0.511. The van der Waals surface area contributed by atoms with Crippen molar-refractivity contribution in [3.05, 3.63) is 58.2 Å². The number of aromatic hydroxyl groups is 1. The average Bonchev–Trinajstić information content (AvgIpc) is 2.85. The number of benzene rings is 2. The number of halogens is 2. The van der Waals surface area contributed by atoms with E-state index >= 15 is 0 Å². The average molecular weight is 362 g/mol. The number of hydrogen-bond donors (Lipinski definition) is 2. The Morgan fingerprint density at radius 3 is 2.21 bits per heavy atom. The number of nitrogens with zero attached hydrogens (tertiary/aromatic N) is 2. The van der Waals surface area contributed by atoms with E-state index in [4.69, 9.17) is 28.9 Å². The number of phenols is 1. The highest BCUT2D eigenvalue weighted by molar-refractivity contribution is 6.39. The minimum absolute atomic E-state index is 0.127. The Kier molecular flexibility index (Phi) is 4.22. The minimum Gasteiger partial charge on any atom is -0.508 e. The van der Waals surface area contributed by atoms with Crippen LogP contribution in [0.4, 0.5) is 0 Å². The van der Waals surface area contributed by atoms with Gasteiger partial charge in [-0.1, -0.05) is 29.3 Å². The summed E-state index contributed by atoms with van der Waals surface area (Å²) < 4.78 is 1.40. The van der Waals surface area contributed by atoms with E-state index in [1.54, 1.807) is 37.4 Å². The molecule has 1 amide bonds. The van der Waals surface area contributed by atoms with E-state index in [0.29, 0.717) is 32.4 Å². The Bertz CT molecular complexity index is 914. The lowest BCUT2D eigenvalue weighted by Crippen LogP contribution is -2.16. The van der Waals surface area contributed by atoms with Crippen LogP contribution in [0.15, 0.2) is 42.5 Å².